The zero-order valence-electron chi connectivity index (χ0n) is 12.6. The number of fused-ring (bicyclic) bond motifs is 2. The van der Waals surface area contributed by atoms with E-state index in [0.29, 0.717) is 41.7 Å². The molecule has 0 radical (unpaired) electrons. The second kappa shape index (κ2) is 5.81. The third kappa shape index (κ3) is 2.81. The molecule has 24 heavy (non-hydrogen) atoms. The van der Waals surface area contributed by atoms with Crippen LogP contribution in [0.5, 0.6) is 11.5 Å². The van der Waals surface area contributed by atoms with Gasteiger partial charge < -0.3 is 13.9 Å². The van der Waals surface area contributed by atoms with E-state index in [0.717, 1.165) is 0 Å². The lowest BCUT2D eigenvalue weighted by Crippen LogP contribution is -2.24. The fourth-order valence-electron chi connectivity index (χ4n) is 2.43. The molecule has 0 fully saturated rings. The molecule has 1 aliphatic rings. The quantitative estimate of drug-likeness (QED) is 0.778. The van der Waals surface area contributed by atoms with E-state index < -0.39 is 10.0 Å². The van der Waals surface area contributed by atoms with Crippen molar-refractivity contribution in [3.8, 4) is 11.5 Å². The van der Waals surface area contributed by atoms with Gasteiger partial charge in [-0.15, -0.1) is 0 Å². The minimum Gasteiger partial charge on any atom is -0.486 e. The van der Waals surface area contributed by atoms with E-state index in [9.17, 15) is 8.42 Å². The largest absolute Gasteiger partial charge is 0.486 e. The standard InChI is InChI=1S/C16H14N2O5S/c19-24(20,11-5-6-14-15(9-11)22-8-7-21-14)17-10-16-18-12-3-1-2-4-13(12)23-16/h1-6,9,17H,7-8,10H2. The molecule has 8 heteroatoms. The van der Waals surface area contributed by atoms with Crippen LogP contribution in [-0.4, -0.2) is 26.6 Å². The second-order valence-corrected chi connectivity index (χ2v) is 6.97. The Hall–Kier alpha value is -2.58. The van der Waals surface area contributed by atoms with Gasteiger partial charge in [0.15, 0.2) is 17.1 Å². The molecule has 2 aromatic carbocycles. The summed E-state index contributed by atoms with van der Waals surface area (Å²) in [4.78, 5) is 4.34. The third-order valence-electron chi connectivity index (χ3n) is 3.58. The number of benzene rings is 2. The van der Waals surface area contributed by atoms with Gasteiger partial charge >= 0.3 is 0 Å². The molecular formula is C16H14N2O5S. The summed E-state index contributed by atoms with van der Waals surface area (Å²) in [7, 11) is -3.71. The Kier molecular flexibility index (Phi) is 3.62. The molecule has 1 aromatic heterocycles. The number of nitrogens with one attached hydrogen (secondary N) is 1. The van der Waals surface area contributed by atoms with Crippen molar-refractivity contribution in [2.75, 3.05) is 13.2 Å². The Balaban J connectivity index is 1.54. The van der Waals surface area contributed by atoms with Gasteiger partial charge in [0.05, 0.1) is 11.4 Å². The molecule has 0 spiro atoms. The molecule has 4 rings (SSSR count). The van der Waals surface area contributed by atoms with Gasteiger partial charge in [0.1, 0.15) is 18.7 Å². The van der Waals surface area contributed by atoms with Gasteiger partial charge in [-0.05, 0) is 24.3 Å². The smallest absolute Gasteiger partial charge is 0.241 e. The summed E-state index contributed by atoms with van der Waals surface area (Å²) in [6, 6.07) is 11.8. The van der Waals surface area contributed by atoms with Crippen LogP contribution >= 0.6 is 0 Å². The molecule has 2 heterocycles. The number of oxazole rings is 1. The molecule has 0 amide bonds. The minimum atomic E-state index is -3.71. The van der Waals surface area contributed by atoms with E-state index in [1.165, 1.54) is 12.1 Å². The summed E-state index contributed by atoms with van der Waals surface area (Å²) in [5.41, 5.74) is 1.30. The summed E-state index contributed by atoms with van der Waals surface area (Å²) < 4.78 is 43.6. The minimum absolute atomic E-state index is 0.0363. The topological polar surface area (TPSA) is 90.7 Å². The fourth-order valence-corrected chi connectivity index (χ4v) is 3.42. The average molecular weight is 346 g/mol. The van der Waals surface area contributed by atoms with Gasteiger partial charge in [0, 0.05) is 6.07 Å². The maximum Gasteiger partial charge on any atom is 0.241 e. The summed E-state index contributed by atoms with van der Waals surface area (Å²) >= 11 is 0. The molecule has 1 N–H and O–H groups in total. The number of nitrogens with zero attached hydrogens (tertiary/aromatic N) is 1. The van der Waals surface area contributed by atoms with Crippen LogP contribution in [0.1, 0.15) is 5.89 Å². The third-order valence-corrected chi connectivity index (χ3v) is 4.97. The number of para-hydroxylation sites is 2. The van der Waals surface area contributed by atoms with Crippen molar-refractivity contribution in [1.29, 1.82) is 0 Å². The maximum absolute atomic E-state index is 12.4. The lowest BCUT2D eigenvalue weighted by molar-refractivity contribution is 0.171. The van der Waals surface area contributed by atoms with Crippen LogP contribution in [0.2, 0.25) is 0 Å². The van der Waals surface area contributed by atoms with E-state index in [1.54, 1.807) is 18.2 Å². The first kappa shape index (κ1) is 15.0. The Morgan fingerprint density at radius 3 is 2.67 bits per heavy atom. The van der Waals surface area contributed by atoms with Crippen molar-refractivity contribution >= 4 is 21.1 Å². The van der Waals surface area contributed by atoms with Gasteiger partial charge in [0.2, 0.25) is 15.9 Å². The number of ether oxygens (including phenoxy) is 2. The Labute approximate surface area is 138 Å². The number of hydrogen-bond acceptors (Lipinski definition) is 6. The van der Waals surface area contributed by atoms with Gasteiger partial charge in [-0.25, -0.2) is 18.1 Å². The summed E-state index contributed by atoms with van der Waals surface area (Å²) in [6.07, 6.45) is 0. The predicted molar refractivity (Wildman–Crippen MR) is 85.5 cm³/mol. The first-order valence-corrected chi connectivity index (χ1v) is 8.84. The van der Waals surface area contributed by atoms with E-state index in [2.05, 4.69) is 9.71 Å². The molecule has 0 bridgehead atoms. The maximum atomic E-state index is 12.4. The number of sulfonamides is 1. The Bertz CT molecular complexity index is 964. The molecule has 7 nitrogen and oxygen atoms in total. The van der Waals surface area contributed by atoms with Gasteiger partial charge in [0.25, 0.3) is 0 Å². The molecular weight excluding hydrogens is 332 g/mol. The number of aromatic nitrogens is 1. The van der Waals surface area contributed by atoms with Crippen LogP contribution in [0.25, 0.3) is 11.1 Å². The molecule has 0 unspecified atom stereocenters. The first-order valence-electron chi connectivity index (χ1n) is 7.36. The van der Waals surface area contributed by atoms with Crippen molar-refractivity contribution in [2.24, 2.45) is 0 Å². The van der Waals surface area contributed by atoms with Crippen LogP contribution in [0.4, 0.5) is 0 Å². The van der Waals surface area contributed by atoms with Crippen molar-refractivity contribution in [2.45, 2.75) is 11.4 Å². The van der Waals surface area contributed by atoms with Gasteiger partial charge in [-0.2, -0.15) is 0 Å². The summed E-state index contributed by atoms with van der Waals surface area (Å²) in [6.45, 7) is 0.813. The van der Waals surface area contributed by atoms with Crippen molar-refractivity contribution < 1.29 is 22.3 Å². The summed E-state index contributed by atoms with van der Waals surface area (Å²) in [5.74, 6) is 1.27. The molecule has 1 aliphatic heterocycles. The normalized spacial score (nSPS) is 14.0. The van der Waals surface area contributed by atoms with Gasteiger partial charge in [-0.3, -0.25) is 0 Å². The van der Waals surface area contributed by atoms with E-state index in [1.807, 2.05) is 12.1 Å². The predicted octanol–water partition coefficient (Wildman–Crippen LogP) is 2.08. The highest BCUT2D eigenvalue weighted by Gasteiger charge is 2.20. The van der Waals surface area contributed by atoms with Gasteiger partial charge in [-0.1, -0.05) is 12.1 Å². The molecule has 0 atom stereocenters. The fraction of sp³-hybridized carbons (Fsp3) is 0.188. The Morgan fingerprint density at radius 2 is 1.83 bits per heavy atom. The molecule has 0 saturated carbocycles. The van der Waals surface area contributed by atoms with Crippen LogP contribution in [0.15, 0.2) is 51.8 Å². The number of hydrogen-bond donors (Lipinski definition) is 1. The highest BCUT2D eigenvalue weighted by Crippen LogP contribution is 2.32. The van der Waals surface area contributed by atoms with Crippen molar-refractivity contribution in [1.82, 2.24) is 9.71 Å². The zero-order valence-corrected chi connectivity index (χ0v) is 13.4. The second-order valence-electron chi connectivity index (χ2n) is 5.21. The summed E-state index contributed by atoms with van der Waals surface area (Å²) in [5, 5.41) is 0. The molecule has 124 valence electrons. The highest BCUT2D eigenvalue weighted by atomic mass is 32.2. The van der Waals surface area contributed by atoms with Crippen molar-refractivity contribution in [3.63, 3.8) is 0 Å². The monoisotopic (exact) mass is 346 g/mol. The molecule has 0 saturated heterocycles. The van der Waals surface area contributed by atoms with Crippen LogP contribution in [0.3, 0.4) is 0 Å². The lowest BCUT2D eigenvalue weighted by Gasteiger charge is -2.18. The molecule has 0 aliphatic carbocycles. The first-order chi connectivity index (χ1) is 11.6. The van der Waals surface area contributed by atoms with Crippen LogP contribution in [-0.2, 0) is 16.6 Å². The van der Waals surface area contributed by atoms with Crippen LogP contribution < -0.4 is 14.2 Å². The SMILES string of the molecule is O=S(=O)(NCc1nc2ccccc2o1)c1ccc2c(c1)OCCO2. The number of rotatable bonds is 4. The lowest BCUT2D eigenvalue weighted by atomic mass is 10.3. The van der Waals surface area contributed by atoms with E-state index in [4.69, 9.17) is 13.9 Å². The molecule has 3 aromatic rings. The highest BCUT2D eigenvalue weighted by molar-refractivity contribution is 7.89. The average Bonchev–Trinajstić information content (AvgIpc) is 3.03. The Morgan fingerprint density at radius 1 is 1.04 bits per heavy atom. The van der Waals surface area contributed by atoms with Crippen LogP contribution in [0, 0.1) is 0 Å². The van der Waals surface area contributed by atoms with E-state index >= 15 is 0 Å². The zero-order chi connectivity index (χ0) is 16.6. The van der Waals surface area contributed by atoms with Crippen molar-refractivity contribution in [3.05, 3.63) is 48.4 Å². The van der Waals surface area contributed by atoms with E-state index in [-0.39, 0.29) is 11.4 Å².